The van der Waals surface area contributed by atoms with Crippen LogP contribution in [-0.4, -0.2) is 25.3 Å². The normalized spacial score (nSPS) is 29.8. The van der Waals surface area contributed by atoms with Gasteiger partial charge in [-0.25, -0.2) is 4.79 Å². The van der Waals surface area contributed by atoms with E-state index in [0.717, 1.165) is 12.8 Å². The highest BCUT2D eigenvalue weighted by Gasteiger charge is 2.44. The molecule has 0 aliphatic carbocycles. The van der Waals surface area contributed by atoms with Crippen molar-refractivity contribution in [3.8, 4) is 0 Å². The van der Waals surface area contributed by atoms with E-state index in [2.05, 4.69) is 11.7 Å². The van der Waals surface area contributed by atoms with Gasteiger partial charge in [0.05, 0.1) is 13.2 Å². The van der Waals surface area contributed by atoms with E-state index in [1.54, 1.807) is 0 Å². The highest BCUT2D eigenvalue weighted by molar-refractivity contribution is 5.77. The van der Waals surface area contributed by atoms with Gasteiger partial charge in [-0.3, -0.25) is 0 Å². The van der Waals surface area contributed by atoms with Crippen LogP contribution in [0.25, 0.3) is 0 Å². The zero-order valence-electron chi connectivity index (χ0n) is 6.29. The van der Waals surface area contributed by atoms with Gasteiger partial charge in [0.25, 0.3) is 0 Å². The highest BCUT2D eigenvalue weighted by Crippen LogP contribution is 2.27. The van der Waals surface area contributed by atoms with Crippen molar-refractivity contribution in [1.82, 2.24) is 0 Å². The molecule has 0 aromatic heterocycles. The van der Waals surface area contributed by atoms with Gasteiger partial charge in [0.2, 0.25) is 0 Å². The lowest BCUT2D eigenvalue weighted by atomic mass is 10.2. The summed E-state index contributed by atoms with van der Waals surface area (Å²) in [5, 5.41) is 0. The van der Waals surface area contributed by atoms with Gasteiger partial charge in [-0.15, -0.1) is 0 Å². The lowest BCUT2D eigenvalue weighted by Gasteiger charge is -1.90. The molecule has 0 aromatic carbocycles. The zero-order valence-corrected chi connectivity index (χ0v) is 6.29. The minimum atomic E-state index is -0.259. The molecule has 0 radical (unpaired) electrons. The molecule has 0 N–H and O–H groups in total. The molecule has 0 unspecified atom stereocenters. The average molecular weight is 144 g/mol. The quantitative estimate of drug-likeness (QED) is 0.433. The minimum absolute atomic E-state index is 0.137. The monoisotopic (exact) mass is 144 g/mol. The fourth-order valence-corrected chi connectivity index (χ4v) is 0.970. The fourth-order valence-electron chi connectivity index (χ4n) is 0.970. The second kappa shape index (κ2) is 3.01. The molecule has 58 valence electrons. The fraction of sp³-hybridized carbons (Fsp3) is 0.857. The summed E-state index contributed by atoms with van der Waals surface area (Å²) in [7, 11) is 1.38. The van der Waals surface area contributed by atoms with Gasteiger partial charge in [0, 0.05) is 0 Å². The van der Waals surface area contributed by atoms with Crippen molar-refractivity contribution in [2.24, 2.45) is 0 Å². The molecule has 0 bridgehead atoms. The maximum atomic E-state index is 10.7. The Bertz CT molecular complexity index is 133. The number of hydrogen-bond acceptors (Lipinski definition) is 3. The van der Waals surface area contributed by atoms with E-state index >= 15 is 0 Å². The van der Waals surface area contributed by atoms with E-state index in [4.69, 9.17) is 4.74 Å². The summed E-state index contributed by atoms with van der Waals surface area (Å²) < 4.78 is 9.52. The first-order valence-corrected chi connectivity index (χ1v) is 3.53. The molecule has 0 saturated carbocycles. The van der Waals surface area contributed by atoms with E-state index in [0.29, 0.717) is 0 Å². The maximum absolute atomic E-state index is 10.7. The first-order chi connectivity index (χ1) is 4.79. The highest BCUT2D eigenvalue weighted by atomic mass is 16.6. The summed E-state index contributed by atoms with van der Waals surface area (Å²) in [4.78, 5) is 10.7. The van der Waals surface area contributed by atoms with E-state index in [9.17, 15) is 4.79 Å². The first-order valence-electron chi connectivity index (χ1n) is 3.53. The van der Waals surface area contributed by atoms with E-state index < -0.39 is 0 Å². The number of epoxide rings is 1. The Balaban J connectivity index is 2.18. The number of rotatable bonds is 3. The predicted molar refractivity (Wildman–Crippen MR) is 35.6 cm³/mol. The van der Waals surface area contributed by atoms with Crippen molar-refractivity contribution in [2.45, 2.75) is 32.0 Å². The first kappa shape index (κ1) is 7.54. The second-order valence-electron chi connectivity index (χ2n) is 2.41. The smallest absolute Gasteiger partial charge is 0.337 e. The molecule has 3 heteroatoms. The summed E-state index contributed by atoms with van der Waals surface area (Å²) in [5.74, 6) is -0.238. The van der Waals surface area contributed by atoms with E-state index in [1.165, 1.54) is 7.11 Å². The van der Waals surface area contributed by atoms with Crippen LogP contribution in [0.3, 0.4) is 0 Å². The lowest BCUT2D eigenvalue weighted by molar-refractivity contribution is -0.142. The van der Waals surface area contributed by atoms with Crippen molar-refractivity contribution >= 4 is 5.97 Å². The summed E-state index contributed by atoms with van der Waals surface area (Å²) >= 11 is 0. The summed E-state index contributed by atoms with van der Waals surface area (Å²) in [6, 6.07) is 0. The summed E-state index contributed by atoms with van der Waals surface area (Å²) in [6.45, 7) is 2.07. The number of esters is 1. The molecule has 3 nitrogen and oxygen atoms in total. The molecule has 1 saturated heterocycles. The van der Waals surface area contributed by atoms with Crippen LogP contribution >= 0.6 is 0 Å². The number of carbonyl (C=O) groups is 1. The SMILES string of the molecule is CCC[C@@H]1O[C@H]1C(=O)OC. The molecule has 0 amide bonds. The average Bonchev–Trinajstić information content (AvgIpc) is 2.67. The van der Waals surface area contributed by atoms with Gasteiger partial charge in [-0.2, -0.15) is 0 Å². The van der Waals surface area contributed by atoms with Gasteiger partial charge in [-0.05, 0) is 6.42 Å². The van der Waals surface area contributed by atoms with Crippen molar-refractivity contribution in [1.29, 1.82) is 0 Å². The molecule has 0 spiro atoms. The Labute approximate surface area is 60.3 Å². The topological polar surface area (TPSA) is 38.8 Å². The van der Waals surface area contributed by atoms with E-state index in [1.807, 2.05) is 0 Å². The van der Waals surface area contributed by atoms with Crippen molar-refractivity contribution in [3.63, 3.8) is 0 Å². The molecule has 2 atom stereocenters. The second-order valence-corrected chi connectivity index (χ2v) is 2.41. The van der Waals surface area contributed by atoms with Gasteiger partial charge < -0.3 is 9.47 Å². The number of methoxy groups -OCH3 is 1. The Kier molecular flexibility index (Phi) is 2.27. The molecule has 1 aliphatic heterocycles. The van der Waals surface area contributed by atoms with Crippen LogP contribution < -0.4 is 0 Å². The largest absolute Gasteiger partial charge is 0.467 e. The molecule has 1 fully saturated rings. The minimum Gasteiger partial charge on any atom is -0.467 e. The van der Waals surface area contributed by atoms with Gasteiger partial charge in [0.15, 0.2) is 6.10 Å². The summed E-state index contributed by atoms with van der Waals surface area (Å²) in [5.41, 5.74) is 0. The van der Waals surface area contributed by atoms with Crippen LogP contribution in [0.1, 0.15) is 19.8 Å². The molecular weight excluding hydrogens is 132 g/mol. The molecule has 10 heavy (non-hydrogen) atoms. The Hall–Kier alpha value is -0.570. The number of carbonyl (C=O) groups excluding carboxylic acids is 1. The third-order valence-electron chi connectivity index (χ3n) is 1.59. The van der Waals surface area contributed by atoms with Crippen LogP contribution in [0.15, 0.2) is 0 Å². The van der Waals surface area contributed by atoms with Crippen LogP contribution in [0.2, 0.25) is 0 Å². The molecular formula is C7H12O3. The molecule has 0 aromatic rings. The molecule has 1 aliphatic rings. The van der Waals surface area contributed by atoms with Gasteiger partial charge >= 0.3 is 5.97 Å². The van der Waals surface area contributed by atoms with Crippen molar-refractivity contribution in [2.75, 3.05) is 7.11 Å². The van der Waals surface area contributed by atoms with Gasteiger partial charge in [-0.1, -0.05) is 13.3 Å². The third kappa shape index (κ3) is 1.48. The molecule has 1 heterocycles. The maximum Gasteiger partial charge on any atom is 0.337 e. The van der Waals surface area contributed by atoms with Gasteiger partial charge in [0.1, 0.15) is 0 Å². The Morgan fingerprint density at radius 1 is 1.70 bits per heavy atom. The van der Waals surface area contributed by atoms with Crippen LogP contribution in [-0.2, 0) is 14.3 Å². The van der Waals surface area contributed by atoms with Crippen LogP contribution in [0.5, 0.6) is 0 Å². The predicted octanol–water partition coefficient (Wildman–Crippen LogP) is 0.727. The zero-order chi connectivity index (χ0) is 7.56. The van der Waals surface area contributed by atoms with Crippen molar-refractivity contribution < 1.29 is 14.3 Å². The Morgan fingerprint density at radius 3 is 2.90 bits per heavy atom. The lowest BCUT2D eigenvalue weighted by Crippen LogP contribution is -2.11. The molecule has 1 rings (SSSR count). The number of hydrogen-bond donors (Lipinski definition) is 0. The standard InChI is InChI=1S/C7H12O3/c1-3-4-5-6(10-5)7(8)9-2/h5-6H,3-4H2,1-2H3/t5-,6+/m0/s1. The van der Waals surface area contributed by atoms with Crippen LogP contribution in [0.4, 0.5) is 0 Å². The van der Waals surface area contributed by atoms with E-state index in [-0.39, 0.29) is 18.2 Å². The Morgan fingerprint density at radius 2 is 2.40 bits per heavy atom. The van der Waals surface area contributed by atoms with Crippen molar-refractivity contribution in [3.05, 3.63) is 0 Å². The number of ether oxygens (including phenoxy) is 2. The third-order valence-corrected chi connectivity index (χ3v) is 1.59. The van der Waals surface area contributed by atoms with Crippen LogP contribution in [0, 0.1) is 0 Å². The summed E-state index contributed by atoms with van der Waals surface area (Å²) in [6.07, 6.45) is 1.89.